The summed E-state index contributed by atoms with van der Waals surface area (Å²) in [7, 11) is 1.39. The van der Waals surface area contributed by atoms with Crippen LogP contribution in [0.1, 0.15) is 31.0 Å². The number of rotatable bonds is 6. The molecule has 10 heteroatoms. The van der Waals surface area contributed by atoms with Crippen LogP contribution in [0.3, 0.4) is 0 Å². The van der Waals surface area contributed by atoms with Crippen molar-refractivity contribution >= 4 is 5.91 Å². The third-order valence-corrected chi connectivity index (χ3v) is 6.59. The minimum Gasteiger partial charge on any atom is -0.479 e. The minimum absolute atomic E-state index is 0.0436. The molecule has 0 aromatic carbocycles. The summed E-state index contributed by atoms with van der Waals surface area (Å²) in [5, 5.41) is 9.45. The van der Waals surface area contributed by atoms with Crippen LogP contribution >= 0.6 is 0 Å². The lowest BCUT2D eigenvalue weighted by Gasteiger charge is -2.15. The Bertz CT molecular complexity index is 1190. The third kappa shape index (κ3) is 4.29. The van der Waals surface area contributed by atoms with E-state index < -0.39 is 5.82 Å². The average molecular weight is 469 g/mol. The van der Waals surface area contributed by atoms with Crippen molar-refractivity contribution in [1.82, 2.24) is 29.4 Å². The number of hydrogen-bond acceptors (Lipinski definition) is 6. The van der Waals surface area contributed by atoms with Crippen LogP contribution in [0, 0.1) is 11.7 Å². The zero-order valence-electron chi connectivity index (χ0n) is 19.5. The van der Waals surface area contributed by atoms with Crippen LogP contribution in [0.4, 0.5) is 4.39 Å². The predicted octanol–water partition coefficient (Wildman–Crippen LogP) is 2.65. The molecule has 0 N–H and O–H groups in total. The van der Waals surface area contributed by atoms with E-state index in [2.05, 4.69) is 10.1 Å². The van der Waals surface area contributed by atoms with Crippen molar-refractivity contribution in [2.24, 2.45) is 5.92 Å². The lowest BCUT2D eigenvalue weighted by molar-refractivity contribution is -0.129. The molecule has 3 aromatic heterocycles. The topological polar surface area (TPSA) is 87.3 Å². The quantitative estimate of drug-likeness (QED) is 0.553. The second-order valence-electron chi connectivity index (χ2n) is 8.78. The number of aromatic nitrogens is 5. The fourth-order valence-corrected chi connectivity index (χ4v) is 4.86. The Morgan fingerprint density at radius 3 is 2.94 bits per heavy atom. The van der Waals surface area contributed by atoms with Gasteiger partial charge in [0.2, 0.25) is 11.8 Å². The molecule has 0 radical (unpaired) electrons. The molecule has 1 fully saturated rings. The van der Waals surface area contributed by atoms with Gasteiger partial charge in [-0.05, 0) is 18.8 Å². The molecule has 0 bridgehead atoms. The maximum atomic E-state index is 14.4. The van der Waals surface area contributed by atoms with E-state index in [1.807, 2.05) is 28.9 Å². The number of methoxy groups -OCH3 is 1. The number of fused-ring (bicyclic) bond motifs is 1. The van der Waals surface area contributed by atoms with Crippen molar-refractivity contribution in [3.05, 3.63) is 41.7 Å². The van der Waals surface area contributed by atoms with E-state index in [9.17, 15) is 9.18 Å². The van der Waals surface area contributed by atoms with Gasteiger partial charge in [-0.2, -0.15) is 10.2 Å². The fraction of sp³-hybridized carbons (Fsp3) is 0.500. The fourth-order valence-electron chi connectivity index (χ4n) is 4.86. The molecule has 2 aliphatic rings. The van der Waals surface area contributed by atoms with E-state index >= 15 is 0 Å². The number of hydrogen-bond donors (Lipinski definition) is 0. The molecule has 2 aliphatic heterocycles. The largest absolute Gasteiger partial charge is 0.479 e. The predicted molar refractivity (Wildman–Crippen MR) is 122 cm³/mol. The van der Waals surface area contributed by atoms with Gasteiger partial charge in [-0.25, -0.2) is 14.1 Å². The summed E-state index contributed by atoms with van der Waals surface area (Å²) in [6.45, 7) is 5.44. The van der Waals surface area contributed by atoms with Gasteiger partial charge in [0.15, 0.2) is 5.82 Å². The molecular weight excluding hydrogens is 439 g/mol. The zero-order valence-corrected chi connectivity index (χ0v) is 19.5. The highest BCUT2D eigenvalue weighted by molar-refractivity contribution is 5.76. The van der Waals surface area contributed by atoms with Crippen molar-refractivity contribution in [3.63, 3.8) is 0 Å². The van der Waals surface area contributed by atoms with Gasteiger partial charge in [0.1, 0.15) is 0 Å². The molecule has 5 rings (SSSR count). The molecule has 0 unspecified atom stereocenters. The molecule has 1 amide bonds. The Morgan fingerprint density at radius 2 is 2.15 bits per heavy atom. The van der Waals surface area contributed by atoms with Gasteiger partial charge >= 0.3 is 0 Å². The average Bonchev–Trinajstić information content (AvgIpc) is 3.54. The normalized spacial score (nSPS) is 18.1. The summed E-state index contributed by atoms with van der Waals surface area (Å²) < 4.78 is 28.7. The standard InChI is InChI=1S/C24H29FN6O3/c1-3-22(32)29-7-4-16(13-29)14-30-15-17(11-27-30)23-19-5-8-34-9-6-21(19)31(28-23)18-10-20(25)24(33-2)26-12-18/h10-12,15-16H,3-9,13-14H2,1-2H3/t16-/m1/s1. The van der Waals surface area contributed by atoms with Crippen LogP contribution in [0.5, 0.6) is 5.88 Å². The lowest BCUT2D eigenvalue weighted by Crippen LogP contribution is -2.28. The van der Waals surface area contributed by atoms with Crippen LogP contribution in [0.15, 0.2) is 24.7 Å². The number of ether oxygens (including phenoxy) is 2. The molecule has 1 atom stereocenters. The number of nitrogens with zero attached hydrogens (tertiary/aromatic N) is 6. The second-order valence-corrected chi connectivity index (χ2v) is 8.78. The third-order valence-electron chi connectivity index (χ3n) is 6.59. The first-order valence-electron chi connectivity index (χ1n) is 11.8. The maximum absolute atomic E-state index is 14.4. The molecule has 0 spiro atoms. The summed E-state index contributed by atoms with van der Waals surface area (Å²) in [4.78, 5) is 18.0. The van der Waals surface area contributed by atoms with Gasteiger partial charge in [-0.15, -0.1) is 0 Å². The van der Waals surface area contributed by atoms with E-state index in [0.29, 0.717) is 37.7 Å². The Morgan fingerprint density at radius 1 is 1.29 bits per heavy atom. The van der Waals surface area contributed by atoms with Crippen molar-refractivity contribution in [2.75, 3.05) is 33.4 Å². The van der Waals surface area contributed by atoms with E-state index in [-0.39, 0.29) is 11.8 Å². The molecule has 1 saturated heterocycles. The number of halogens is 1. The number of amides is 1. The van der Waals surface area contributed by atoms with Crippen LogP contribution in [0.25, 0.3) is 16.9 Å². The van der Waals surface area contributed by atoms with Crippen molar-refractivity contribution in [3.8, 4) is 22.8 Å². The smallest absolute Gasteiger partial charge is 0.250 e. The first-order chi connectivity index (χ1) is 16.6. The molecule has 3 aromatic rings. The van der Waals surface area contributed by atoms with Gasteiger partial charge in [0, 0.05) is 55.9 Å². The summed E-state index contributed by atoms with van der Waals surface area (Å²) in [6, 6.07) is 1.39. The monoisotopic (exact) mass is 468 g/mol. The van der Waals surface area contributed by atoms with Gasteiger partial charge in [0.25, 0.3) is 0 Å². The zero-order chi connectivity index (χ0) is 23.7. The SMILES string of the molecule is CCC(=O)N1CC[C@@H](Cn2cc(-c3nn(-c4cnc(OC)c(F)c4)c4c3CCOCC4)cn2)C1. The second kappa shape index (κ2) is 9.54. The Labute approximate surface area is 197 Å². The number of likely N-dealkylation sites (tertiary alicyclic amines) is 1. The van der Waals surface area contributed by atoms with Crippen LogP contribution in [-0.2, 0) is 28.9 Å². The highest BCUT2D eigenvalue weighted by Gasteiger charge is 2.27. The van der Waals surface area contributed by atoms with Crippen molar-refractivity contribution in [2.45, 2.75) is 39.2 Å². The molecule has 0 aliphatic carbocycles. The maximum Gasteiger partial charge on any atom is 0.250 e. The number of carbonyl (C=O) groups is 1. The Balaban J connectivity index is 1.43. The van der Waals surface area contributed by atoms with Crippen LogP contribution in [0.2, 0.25) is 0 Å². The highest BCUT2D eigenvalue weighted by atomic mass is 19.1. The Hall–Kier alpha value is -3.27. The summed E-state index contributed by atoms with van der Waals surface area (Å²) in [6.07, 6.45) is 8.33. The number of pyridine rings is 1. The summed E-state index contributed by atoms with van der Waals surface area (Å²) in [5.74, 6) is 0.0248. The molecule has 34 heavy (non-hydrogen) atoms. The molecule has 0 saturated carbocycles. The first-order valence-corrected chi connectivity index (χ1v) is 11.8. The number of carbonyl (C=O) groups excluding carboxylic acids is 1. The molecule has 180 valence electrons. The van der Waals surface area contributed by atoms with Gasteiger partial charge in [0.05, 0.1) is 49.8 Å². The van der Waals surface area contributed by atoms with Crippen molar-refractivity contribution < 1.29 is 18.7 Å². The summed E-state index contributed by atoms with van der Waals surface area (Å²) >= 11 is 0. The highest BCUT2D eigenvalue weighted by Crippen LogP contribution is 2.31. The van der Waals surface area contributed by atoms with Crippen LogP contribution < -0.4 is 4.74 Å². The molecule has 5 heterocycles. The van der Waals surface area contributed by atoms with E-state index in [1.54, 1.807) is 10.9 Å². The van der Waals surface area contributed by atoms with E-state index in [0.717, 1.165) is 55.0 Å². The molecular formula is C24H29FN6O3. The van der Waals surface area contributed by atoms with Crippen LogP contribution in [-0.4, -0.2) is 68.8 Å². The molecule has 9 nitrogen and oxygen atoms in total. The van der Waals surface area contributed by atoms with Crippen molar-refractivity contribution in [1.29, 1.82) is 0 Å². The van der Waals surface area contributed by atoms with Gasteiger partial charge < -0.3 is 14.4 Å². The van der Waals surface area contributed by atoms with Gasteiger partial charge in [-0.1, -0.05) is 6.92 Å². The van der Waals surface area contributed by atoms with E-state index in [4.69, 9.17) is 14.6 Å². The minimum atomic E-state index is -0.532. The summed E-state index contributed by atoms with van der Waals surface area (Å²) in [5.41, 5.74) is 4.38. The first kappa shape index (κ1) is 22.5. The van der Waals surface area contributed by atoms with Gasteiger partial charge in [-0.3, -0.25) is 9.48 Å². The van der Waals surface area contributed by atoms with E-state index in [1.165, 1.54) is 13.2 Å². The lowest BCUT2D eigenvalue weighted by atomic mass is 10.0. The Kier molecular flexibility index (Phi) is 6.32.